The zero-order chi connectivity index (χ0) is 12.3. The predicted octanol–water partition coefficient (Wildman–Crippen LogP) is 4.33. The van der Waals surface area contributed by atoms with E-state index in [1.165, 1.54) is 11.6 Å². The fourth-order valence-corrected chi connectivity index (χ4v) is 2.03. The summed E-state index contributed by atoms with van der Waals surface area (Å²) < 4.78 is 19.2. The summed E-state index contributed by atoms with van der Waals surface area (Å²) in [5, 5.41) is 1.58. The highest BCUT2D eigenvalue weighted by Crippen LogP contribution is 2.25. The summed E-state index contributed by atoms with van der Waals surface area (Å²) in [6, 6.07) is 9.30. The topological polar surface area (TPSA) is 9.23 Å². The highest BCUT2D eigenvalue weighted by atomic mass is 19.1. The third kappa shape index (κ3) is 2.57. The second-order valence-corrected chi connectivity index (χ2v) is 4.14. The summed E-state index contributed by atoms with van der Waals surface area (Å²) in [5.74, 6) is 0.393. The zero-order valence-corrected chi connectivity index (χ0v) is 10.3. The van der Waals surface area contributed by atoms with Crippen molar-refractivity contribution in [2.75, 3.05) is 6.61 Å². The van der Waals surface area contributed by atoms with Crippen molar-refractivity contribution in [2.45, 2.75) is 26.7 Å². The monoisotopic (exact) mass is 232 g/mol. The molecule has 17 heavy (non-hydrogen) atoms. The van der Waals surface area contributed by atoms with Gasteiger partial charge < -0.3 is 4.74 Å². The first-order valence-corrected chi connectivity index (χ1v) is 6.09. The summed E-state index contributed by atoms with van der Waals surface area (Å²) in [4.78, 5) is 0. The van der Waals surface area contributed by atoms with Gasteiger partial charge in [0.15, 0.2) is 0 Å². The molecule has 0 aliphatic carbocycles. The average molecular weight is 232 g/mol. The van der Waals surface area contributed by atoms with Gasteiger partial charge in [-0.25, -0.2) is 4.39 Å². The molecule has 0 saturated heterocycles. The van der Waals surface area contributed by atoms with Crippen LogP contribution in [-0.2, 0) is 6.42 Å². The molecule has 0 amide bonds. The molecule has 2 rings (SSSR count). The van der Waals surface area contributed by atoms with Gasteiger partial charge in [-0.05, 0) is 36.4 Å². The molecule has 0 spiro atoms. The first-order chi connectivity index (χ1) is 8.24. The van der Waals surface area contributed by atoms with Gasteiger partial charge in [0.1, 0.15) is 11.6 Å². The number of fused-ring (bicyclic) bond motifs is 1. The molecule has 90 valence electrons. The summed E-state index contributed by atoms with van der Waals surface area (Å²) in [6.45, 7) is 4.57. The number of benzene rings is 2. The van der Waals surface area contributed by atoms with Gasteiger partial charge in [0.2, 0.25) is 0 Å². The molecule has 0 N–H and O–H groups in total. The molecule has 0 bridgehead atoms. The summed E-state index contributed by atoms with van der Waals surface area (Å²) in [5.41, 5.74) is 1.18. The molecule has 0 aliphatic rings. The molecule has 2 aromatic carbocycles. The molecule has 0 saturated carbocycles. The molecular formula is C15H17FO. The third-order valence-corrected chi connectivity index (χ3v) is 2.79. The molecule has 1 nitrogen and oxygen atoms in total. The third-order valence-electron chi connectivity index (χ3n) is 2.79. The molecule has 0 unspecified atom stereocenters. The number of hydrogen-bond acceptors (Lipinski definition) is 1. The van der Waals surface area contributed by atoms with Crippen LogP contribution in [0.5, 0.6) is 5.75 Å². The molecule has 0 aromatic heterocycles. The van der Waals surface area contributed by atoms with Gasteiger partial charge >= 0.3 is 0 Å². The molecular weight excluding hydrogens is 215 g/mol. The Balaban J connectivity index is 2.48. The molecule has 2 aromatic rings. The van der Waals surface area contributed by atoms with Crippen molar-refractivity contribution in [2.24, 2.45) is 0 Å². The van der Waals surface area contributed by atoms with Crippen molar-refractivity contribution < 1.29 is 9.13 Å². The number of halogens is 1. The Labute approximate surface area is 101 Å². The standard InChI is InChI=1S/C15H17FO/c1-3-5-11-6-7-12-9-13(17-4-2)10-15(16)14(12)8-11/h6-10H,3-5H2,1-2H3. The number of ether oxygens (including phenoxy) is 1. The molecule has 2 heteroatoms. The number of hydrogen-bond donors (Lipinski definition) is 0. The van der Waals surface area contributed by atoms with E-state index in [0.717, 1.165) is 18.2 Å². The van der Waals surface area contributed by atoms with Gasteiger partial charge in [-0.3, -0.25) is 0 Å². The first-order valence-electron chi connectivity index (χ1n) is 6.09. The van der Waals surface area contributed by atoms with Gasteiger partial charge in [0.05, 0.1) is 6.61 Å². The molecule has 0 aliphatic heterocycles. The van der Waals surface area contributed by atoms with Gasteiger partial charge in [-0.15, -0.1) is 0 Å². The fraction of sp³-hybridized carbons (Fsp3) is 0.333. The van der Waals surface area contributed by atoms with E-state index < -0.39 is 0 Å². The lowest BCUT2D eigenvalue weighted by molar-refractivity contribution is 0.339. The number of aryl methyl sites for hydroxylation is 1. The van der Waals surface area contributed by atoms with Crippen LogP contribution in [0, 0.1) is 5.82 Å². The maximum Gasteiger partial charge on any atom is 0.134 e. The Morgan fingerprint density at radius 3 is 2.65 bits per heavy atom. The SMILES string of the molecule is CCCc1ccc2cc(OCC)cc(F)c2c1. The molecule has 0 fully saturated rings. The van der Waals surface area contributed by atoms with E-state index in [4.69, 9.17) is 4.74 Å². The van der Waals surface area contributed by atoms with E-state index in [0.29, 0.717) is 17.7 Å². The molecule has 0 heterocycles. The van der Waals surface area contributed by atoms with Crippen LogP contribution in [0.2, 0.25) is 0 Å². The maximum atomic E-state index is 13.9. The Hall–Kier alpha value is -1.57. The van der Waals surface area contributed by atoms with Gasteiger partial charge in [-0.2, -0.15) is 0 Å². The lowest BCUT2D eigenvalue weighted by Gasteiger charge is -2.07. The van der Waals surface area contributed by atoms with E-state index in [9.17, 15) is 4.39 Å². The van der Waals surface area contributed by atoms with Crippen molar-refractivity contribution in [3.63, 3.8) is 0 Å². The Bertz CT molecular complexity index is 520. The van der Waals surface area contributed by atoms with Crippen molar-refractivity contribution in [3.8, 4) is 5.75 Å². The lowest BCUT2D eigenvalue weighted by atomic mass is 10.0. The quantitative estimate of drug-likeness (QED) is 0.762. The van der Waals surface area contributed by atoms with Crippen molar-refractivity contribution in [1.82, 2.24) is 0 Å². The average Bonchev–Trinajstić information content (AvgIpc) is 2.31. The van der Waals surface area contributed by atoms with Crippen molar-refractivity contribution in [1.29, 1.82) is 0 Å². The van der Waals surface area contributed by atoms with E-state index in [-0.39, 0.29) is 5.82 Å². The smallest absolute Gasteiger partial charge is 0.134 e. The maximum absolute atomic E-state index is 13.9. The fourth-order valence-electron chi connectivity index (χ4n) is 2.03. The number of rotatable bonds is 4. The van der Waals surface area contributed by atoms with Crippen LogP contribution < -0.4 is 4.74 Å². The van der Waals surface area contributed by atoms with Crippen LogP contribution in [0.4, 0.5) is 4.39 Å². The Morgan fingerprint density at radius 2 is 1.94 bits per heavy atom. The lowest BCUT2D eigenvalue weighted by Crippen LogP contribution is -1.93. The van der Waals surface area contributed by atoms with E-state index >= 15 is 0 Å². The summed E-state index contributed by atoms with van der Waals surface area (Å²) >= 11 is 0. The minimum atomic E-state index is -0.205. The van der Waals surface area contributed by atoms with Crippen LogP contribution in [0.25, 0.3) is 10.8 Å². The normalized spacial score (nSPS) is 10.8. The Kier molecular flexibility index (Phi) is 3.62. The van der Waals surface area contributed by atoms with Crippen LogP contribution in [0.15, 0.2) is 30.3 Å². The predicted molar refractivity (Wildman–Crippen MR) is 69.1 cm³/mol. The Morgan fingerprint density at radius 1 is 1.12 bits per heavy atom. The van der Waals surface area contributed by atoms with Crippen molar-refractivity contribution >= 4 is 10.8 Å². The van der Waals surface area contributed by atoms with Crippen molar-refractivity contribution in [3.05, 3.63) is 41.7 Å². The molecule has 0 atom stereocenters. The summed E-state index contributed by atoms with van der Waals surface area (Å²) in [6.07, 6.45) is 2.06. The van der Waals surface area contributed by atoms with Gasteiger partial charge in [-0.1, -0.05) is 25.5 Å². The largest absolute Gasteiger partial charge is 0.494 e. The van der Waals surface area contributed by atoms with Crippen LogP contribution in [-0.4, -0.2) is 6.61 Å². The van der Waals surface area contributed by atoms with Gasteiger partial charge in [0, 0.05) is 11.5 Å². The zero-order valence-electron chi connectivity index (χ0n) is 10.3. The van der Waals surface area contributed by atoms with E-state index in [2.05, 4.69) is 13.0 Å². The van der Waals surface area contributed by atoms with Crippen LogP contribution in [0.1, 0.15) is 25.8 Å². The van der Waals surface area contributed by atoms with Crippen LogP contribution >= 0.6 is 0 Å². The van der Waals surface area contributed by atoms with E-state index in [1.807, 2.05) is 25.1 Å². The summed E-state index contributed by atoms with van der Waals surface area (Å²) in [7, 11) is 0. The first kappa shape index (κ1) is 11.9. The van der Waals surface area contributed by atoms with E-state index in [1.54, 1.807) is 0 Å². The highest BCUT2D eigenvalue weighted by molar-refractivity contribution is 5.85. The minimum absolute atomic E-state index is 0.205. The second kappa shape index (κ2) is 5.17. The molecule has 0 radical (unpaired) electrons. The van der Waals surface area contributed by atoms with Gasteiger partial charge in [0.25, 0.3) is 0 Å². The second-order valence-electron chi connectivity index (χ2n) is 4.14. The van der Waals surface area contributed by atoms with Crippen LogP contribution in [0.3, 0.4) is 0 Å². The minimum Gasteiger partial charge on any atom is -0.494 e. The highest BCUT2D eigenvalue weighted by Gasteiger charge is 2.05.